The van der Waals surface area contributed by atoms with Crippen LogP contribution in [0.15, 0.2) is 58.9 Å². The van der Waals surface area contributed by atoms with Gasteiger partial charge in [-0.1, -0.05) is 18.2 Å². The Morgan fingerprint density at radius 3 is 2.64 bits per heavy atom. The number of benzene rings is 1. The van der Waals surface area contributed by atoms with Gasteiger partial charge < -0.3 is 0 Å². The second-order valence-electron chi connectivity index (χ2n) is 5.61. The smallest absolute Gasteiger partial charge is 0.271 e. The third kappa shape index (κ3) is 3.60. The van der Waals surface area contributed by atoms with Crippen molar-refractivity contribution in [1.82, 2.24) is 10.4 Å². The maximum atomic E-state index is 12.5. The monoisotopic (exact) mass is 335 g/mol. The van der Waals surface area contributed by atoms with E-state index in [1.165, 1.54) is 17.4 Å². The molecule has 2 heterocycles. The Labute approximate surface area is 145 Å². The molecule has 1 unspecified atom stereocenters. The summed E-state index contributed by atoms with van der Waals surface area (Å²) >= 11 is 0. The Balaban J connectivity index is 1.66. The van der Waals surface area contributed by atoms with Gasteiger partial charge in [0.1, 0.15) is 5.92 Å². The van der Waals surface area contributed by atoms with Crippen LogP contribution in [0.2, 0.25) is 0 Å². The number of nitrogens with one attached hydrogen (secondary N) is 1. The standard InChI is InChI=1S/C18H17N5O2/c1-12-8-9-14(10-19-12)17(24)21-20-11-16-13(2)22-23(18(16)25)15-6-4-3-5-7-15/h3-11,16H,1-2H3,(H,21,24)/b20-11+. The van der Waals surface area contributed by atoms with Crippen molar-refractivity contribution in [2.45, 2.75) is 13.8 Å². The Kier molecular flexibility index (Phi) is 4.65. The van der Waals surface area contributed by atoms with Crippen molar-refractivity contribution in [3.8, 4) is 0 Å². The van der Waals surface area contributed by atoms with Crippen LogP contribution in [0.5, 0.6) is 0 Å². The number of carbonyl (C=O) groups excluding carboxylic acids is 2. The van der Waals surface area contributed by atoms with Crippen LogP contribution in [0.3, 0.4) is 0 Å². The summed E-state index contributed by atoms with van der Waals surface area (Å²) in [6, 6.07) is 12.6. The highest BCUT2D eigenvalue weighted by molar-refractivity contribution is 6.23. The Morgan fingerprint density at radius 1 is 1.20 bits per heavy atom. The lowest BCUT2D eigenvalue weighted by Crippen LogP contribution is -2.29. The molecule has 7 heteroatoms. The van der Waals surface area contributed by atoms with E-state index in [4.69, 9.17) is 0 Å². The number of anilines is 1. The molecule has 0 saturated carbocycles. The van der Waals surface area contributed by atoms with E-state index in [1.54, 1.807) is 31.2 Å². The third-order valence-corrected chi connectivity index (χ3v) is 3.75. The van der Waals surface area contributed by atoms with E-state index in [-0.39, 0.29) is 11.8 Å². The molecule has 2 amide bonds. The molecule has 25 heavy (non-hydrogen) atoms. The summed E-state index contributed by atoms with van der Waals surface area (Å²) < 4.78 is 0. The van der Waals surface area contributed by atoms with E-state index in [1.807, 2.05) is 25.1 Å². The van der Waals surface area contributed by atoms with Crippen molar-refractivity contribution in [2.24, 2.45) is 16.1 Å². The molecular weight excluding hydrogens is 318 g/mol. The van der Waals surface area contributed by atoms with Crippen LogP contribution in [-0.2, 0) is 4.79 Å². The lowest BCUT2D eigenvalue weighted by atomic mass is 10.1. The van der Waals surface area contributed by atoms with Crippen LogP contribution >= 0.6 is 0 Å². The highest BCUT2D eigenvalue weighted by Gasteiger charge is 2.33. The van der Waals surface area contributed by atoms with Crippen LogP contribution in [0.25, 0.3) is 0 Å². The van der Waals surface area contributed by atoms with Crippen molar-refractivity contribution in [3.63, 3.8) is 0 Å². The molecule has 7 nitrogen and oxygen atoms in total. The summed E-state index contributed by atoms with van der Waals surface area (Å²) in [5.41, 5.74) is 4.94. The zero-order valence-corrected chi connectivity index (χ0v) is 13.9. The van der Waals surface area contributed by atoms with Crippen LogP contribution in [0.1, 0.15) is 23.0 Å². The summed E-state index contributed by atoms with van der Waals surface area (Å²) in [6.45, 7) is 3.59. The van der Waals surface area contributed by atoms with Gasteiger partial charge in [0, 0.05) is 18.1 Å². The van der Waals surface area contributed by atoms with Gasteiger partial charge in [-0.25, -0.2) is 5.43 Å². The fourth-order valence-electron chi connectivity index (χ4n) is 2.34. The number of hydrogen-bond donors (Lipinski definition) is 1. The summed E-state index contributed by atoms with van der Waals surface area (Å²) in [5, 5.41) is 9.52. The molecule has 1 atom stereocenters. The van der Waals surface area contributed by atoms with Crippen LogP contribution in [0, 0.1) is 12.8 Å². The SMILES string of the molecule is CC1=NN(c2ccccc2)C(=O)C1/C=N/NC(=O)c1ccc(C)nc1. The normalized spacial score (nSPS) is 17.0. The fourth-order valence-corrected chi connectivity index (χ4v) is 2.34. The molecule has 0 saturated heterocycles. The largest absolute Gasteiger partial charge is 0.272 e. The zero-order chi connectivity index (χ0) is 17.8. The van der Waals surface area contributed by atoms with Crippen LogP contribution < -0.4 is 10.4 Å². The fraction of sp³-hybridized carbons (Fsp3) is 0.167. The number of carbonyl (C=O) groups is 2. The predicted octanol–water partition coefficient (Wildman–Crippen LogP) is 2.14. The molecule has 1 N–H and O–H groups in total. The molecule has 1 aliphatic heterocycles. The van der Waals surface area contributed by atoms with Gasteiger partial charge >= 0.3 is 0 Å². The van der Waals surface area contributed by atoms with Crippen molar-refractivity contribution in [3.05, 3.63) is 59.9 Å². The van der Waals surface area contributed by atoms with E-state index >= 15 is 0 Å². The highest BCUT2D eigenvalue weighted by Crippen LogP contribution is 2.22. The summed E-state index contributed by atoms with van der Waals surface area (Å²) in [7, 11) is 0. The van der Waals surface area contributed by atoms with Crippen molar-refractivity contribution in [2.75, 3.05) is 5.01 Å². The number of hydrogen-bond acceptors (Lipinski definition) is 5. The van der Waals surface area contributed by atoms with Gasteiger partial charge in [0.25, 0.3) is 11.8 Å². The lowest BCUT2D eigenvalue weighted by molar-refractivity contribution is -0.118. The molecule has 0 fully saturated rings. The minimum absolute atomic E-state index is 0.210. The molecule has 2 aromatic rings. The first kappa shape index (κ1) is 16.5. The Bertz CT molecular complexity index is 844. The maximum Gasteiger partial charge on any atom is 0.272 e. The predicted molar refractivity (Wildman–Crippen MR) is 95.5 cm³/mol. The van der Waals surface area contributed by atoms with Gasteiger partial charge in [0.05, 0.1) is 17.0 Å². The molecule has 0 aliphatic carbocycles. The molecule has 126 valence electrons. The second kappa shape index (κ2) is 7.04. The second-order valence-corrected chi connectivity index (χ2v) is 5.61. The molecule has 3 rings (SSSR count). The van der Waals surface area contributed by atoms with Gasteiger partial charge in [0.15, 0.2) is 0 Å². The Morgan fingerprint density at radius 2 is 1.96 bits per heavy atom. The van der Waals surface area contributed by atoms with Crippen molar-refractivity contribution >= 4 is 29.4 Å². The van der Waals surface area contributed by atoms with Crippen molar-refractivity contribution < 1.29 is 9.59 Å². The number of nitrogens with zero attached hydrogens (tertiary/aromatic N) is 4. The van der Waals surface area contributed by atoms with E-state index < -0.39 is 5.92 Å². The molecule has 0 spiro atoms. The molecular formula is C18H17N5O2. The molecule has 1 aromatic heterocycles. The van der Waals surface area contributed by atoms with E-state index in [9.17, 15) is 9.59 Å². The van der Waals surface area contributed by atoms with Gasteiger partial charge in [0.2, 0.25) is 0 Å². The average molecular weight is 335 g/mol. The van der Waals surface area contributed by atoms with Gasteiger partial charge in [-0.2, -0.15) is 15.2 Å². The van der Waals surface area contributed by atoms with E-state index in [2.05, 4.69) is 20.6 Å². The number of rotatable bonds is 4. The summed E-state index contributed by atoms with van der Waals surface area (Å²) in [5.74, 6) is -1.20. The molecule has 0 radical (unpaired) electrons. The zero-order valence-electron chi connectivity index (χ0n) is 13.9. The topological polar surface area (TPSA) is 87.0 Å². The molecule has 0 bridgehead atoms. The molecule has 1 aliphatic rings. The lowest BCUT2D eigenvalue weighted by Gasteiger charge is -2.12. The highest BCUT2D eigenvalue weighted by atomic mass is 16.2. The Hall–Kier alpha value is -3.35. The average Bonchev–Trinajstić information content (AvgIpc) is 2.91. The van der Waals surface area contributed by atoms with Gasteiger partial charge in [-0.05, 0) is 38.1 Å². The number of amides is 2. The van der Waals surface area contributed by atoms with Gasteiger partial charge in [-0.3, -0.25) is 14.6 Å². The van der Waals surface area contributed by atoms with Gasteiger partial charge in [-0.15, -0.1) is 0 Å². The molecule has 1 aromatic carbocycles. The van der Waals surface area contributed by atoms with Crippen LogP contribution in [0.4, 0.5) is 5.69 Å². The summed E-state index contributed by atoms with van der Waals surface area (Å²) in [6.07, 6.45) is 2.87. The third-order valence-electron chi connectivity index (χ3n) is 3.75. The number of hydrazone groups is 2. The van der Waals surface area contributed by atoms with Crippen molar-refractivity contribution in [1.29, 1.82) is 0 Å². The first-order valence-corrected chi connectivity index (χ1v) is 7.76. The van der Waals surface area contributed by atoms with Crippen LogP contribution in [-0.4, -0.2) is 28.7 Å². The number of para-hydroxylation sites is 1. The van der Waals surface area contributed by atoms with E-state index in [0.717, 1.165) is 5.69 Å². The minimum atomic E-state index is -0.600. The minimum Gasteiger partial charge on any atom is -0.271 e. The first-order chi connectivity index (χ1) is 12.1. The van der Waals surface area contributed by atoms with E-state index in [0.29, 0.717) is 17.0 Å². The quantitative estimate of drug-likeness (QED) is 0.686. The number of aromatic nitrogens is 1. The number of pyridine rings is 1. The number of aryl methyl sites for hydroxylation is 1. The first-order valence-electron chi connectivity index (χ1n) is 7.76. The summed E-state index contributed by atoms with van der Waals surface area (Å²) in [4.78, 5) is 28.5. The maximum absolute atomic E-state index is 12.5.